The lowest BCUT2D eigenvalue weighted by Crippen LogP contribution is -2.04. The quantitative estimate of drug-likeness (QED) is 0.230. The molecule has 0 saturated carbocycles. The lowest BCUT2D eigenvalue weighted by molar-refractivity contribution is -0.229. The van der Waals surface area contributed by atoms with Crippen LogP contribution in [0.15, 0.2) is 36.5 Å². The fourth-order valence-corrected chi connectivity index (χ4v) is 0.807. The van der Waals surface area contributed by atoms with Crippen LogP contribution in [0.5, 0.6) is 0 Å². The minimum absolute atomic E-state index is 0.275. The van der Waals surface area contributed by atoms with Gasteiger partial charge in [0.05, 0.1) is 5.57 Å². The van der Waals surface area contributed by atoms with Crippen LogP contribution < -0.4 is 0 Å². The molecule has 0 aromatic heterocycles. The van der Waals surface area contributed by atoms with Gasteiger partial charge in [0.15, 0.2) is 0 Å². The molecule has 0 heterocycles. The molecule has 0 aromatic rings. The Morgan fingerprint density at radius 2 is 2.17 bits per heavy atom. The molecule has 0 aliphatic carbocycles. The van der Waals surface area contributed by atoms with E-state index in [-0.39, 0.29) is 5.57 Å². The molecule has 0 unspecified atom stereocenters. The Bertz CT molecular complexity index is 226. The van der Waals surface area contributed by atoms with Gasteiger partial charge in [-0.2, -0.15) is 5.26 Å². The highest BCUT2D eigenvalue weighted by molar-refractivity contribution is 5.91. The molecular formula is C9H12O3. The molecule has 1 N–H and O–H groups in total. The fourth-order valence-electron chi connectivity index (χ4n) is 0.807. The molecule has 12 heavy (non-hydrogen) atoms. The van der Waals surface area contributed by atoms with Crippen molar-refractivity contribution in [1.29, 1.82) is 0 Å². The summed E-state index contributed by atoms with van der Waals surface area (Å²) in [4.78, 5) is 14.4. The van der Waals surface area contributed by atoms with Gasteiger partial charge in [0, 0.05) is 0 Å². The van der Waals surface area contributed by atoms with Crippen LogP contribution in [0.25, 0.3) is 0 Å². The van der Waals surface area contributed by atoms with E-state index >= 15 is 0 Å². The van der Waals surface area contributed by atoms with Crippen molar-refractivity contribution in [3.63, 3.8) is 0 Å². The first-order valence-electron chi connectivity index (χ1n) is 3.46. The smallest absolute Gasteiger partial charge is 0.296 e. The number of hydrogen-bond acceptors (Lipinski definition) is 3. The first kappa shape index (κ1) is 10.7. The molecular weight excluding hydrogens is 156 g/mol. The standard InChI is InChI=1S/C9H12O3/c1-4-6-7(3)8(5-2)9(10)12-11/h4-5,11H,1-2,6H2,3H3/b8-7-. The molecule has 0 fully saturated rings. The zero-order valence-corrected chi connectivity index (χ0v) is 7.04. The van der Waals surface area contributed by atoms with Crippen LogP contribution in [-0.4, -0.2) is 11.2 Å². The first-order chi connectivity index (χ1) is 5.67. The van der Waals surface area contributed by atoms with E-state index in [1.54, 1.807) is 13.0 Å². The van der Waals surface area contributed by atoms with Gasteiger partial charge in [-0.3, -0.25) is 4.89 Å². The number of allylic oxidation sites excluding steroid dienone is 2. The molecule has 0 rings (SSSR count). The zero-order valence-electron chi connectivity index (χ0n) is 7.04. The molecule has 3 heteroatoms. The summed E-state index contributed by atoms with van der Waals surface area (Å²) >= 11 is 0. The average Bonchev–Trinajstić information content (AvgIpc) is 2.06. The van der Waals surface area contributed by atoms with Crippen LogP contribution in [0.3, 0.4) is 0 Å². The van der Waals surface area contributed by atoms with Crippen LogP contribution in [-0.2, 0) is 9.68 Å². The second-order valence-corrected chi connectivity index (χ2v) is 2.27. The van der Waals surface area contributed by atoms with Gasteiger partial charge in [-0.15, -0.1) is 6.58 Å². The van der Waals surface area contributed by atoms with Crippen molar-refractivity contribution in [1.82, 2.24) is 0 Å². The third-order valence-corrected chi connectivity index (χ3v) is 1.42. The highest BCUT2D eigenvalue weighted by Gasteiger charge is 2.09. The van der Waals surface area contributed by atoms with Crippen molar-refractivity contribution >= 4 is 5.97 Å². The molecule has 0 aromatic carbocycles. The maximum absolute atomic E-state index is 10.8. The predicted octanol–water partition coefficient (Wildman–Crippen LogP) is 2.08. The molecule has 0 aliphatic heterocycles. The topological polar surface area (TPSA) is 46.5 Å². The Labute approximate surface area is 71.6 Å². The normalized spacial score (nSPS) is 11.5. The highest BCUT2D eigenvalue weighted by atomic mass is 17.1. The van der Waals surface area contributed by atoms with E-state index in [0.29, 0.717) is 6.42 Å². The average molecular weight is 168 g/mol. The Kier molecular flexibility index (Phi) is 4.72. The Hall–Kier alpha value is -1.35. The summed E-state index contributed by atoms with van der Waals surface area (Å²) in [6.45, 7) is 8.69. The van der Waals surface area contributed by atoms with Crippen LogP contribution in [0.4, 0.5) is 0 Å². The monoisotopic (exact) mass is 168 g/mol. The van der Waals surface area contributed by atoms with Gasteiger partial charge in [0.25, 0.3) is 0 Å². The maximum atomic E-state index is 10.8. The third-order valence-electron chi connectivity index (χ3n) is 1.42. The van der Waals surface area contributed by atoms with E-state index in [4.69, 9.17) is 5.26 Å². The van der Waals surface area contributed by atoms with Gasteiger partial charge < -0.3 is 0 Å². The molecule has 0 bridgehead atoms. The minimum atomic E-state index is -0.788. The van der Waals surface area contributed by atoms with Gasteiger partial charge in [-0.25, -0.2) is 4.79 Å². The van der Waals surface area contributed by atoms with Gasteiger partial charge in [0.1, 0.15) is 0 Å². The second-order valence-electron chi connectivity index (χ2n) is 2.27. The highest BCUT2D eigenvalue weighted by Crippen LogP contribution is 2.10. The first-order valence-corrected chi connectivity index (χ1v) is 3.46. The molecule has 0 atom stereocenters. The zero-order chi connectivity index (χ0) is 9.56. The third kappa shape index (κ3) is 2.72. The molecule has 0 amide bonds. The van der Waals surface area contributed by atoms with Gasteiger partial charge in [0.2, 0.25) is 0 Å². The molecule has 0 radical (unpaired) electrons. The van der Waals surface area contributed by atoms with Crippen molar-refractivity contribution in [3.05, 3.63) is 36.5 Å². The Morgan fingerprint density at radius 3 is 2.50 bits per heavy atom. The lowest BCUT2D eigenvalue weighted by atomic mass is 10.1. The van der Waals surface area contributed by atoms with E-state index in [0.717, 1.165) is 5.57 Å². The van der Waals surface area contributed by atoms with E-state index in [1.165, 1.54) is 6.08 Å². The van der Waals surface area contributed by atoms with Crippen LogP contribution >= 0.6 is 0 Å². The summed E-state index contributed by atoms with van der Waals surface area (Å²) < 4.78 is 0. The molecule has 0 saturated heterocycles. The fraction of sp³-hybridized carbons (Fsp3) is 0.222. The van der Waals surface area contributed by atoms with Gasteiger partial charge in [-0.1, -0.05) is 24.3 Å². The van der Waals surface area contributed by atoms with Crippen molar-refractivity contribution < 1.29 is 14.9 Å². The predicted molar refractivity (Wildman–Crippen MR) is 46.4 cm³/mol. The number of carbonyl (C=O) groups excluding carboxylic acids is 1. The summed E-state index contributed by atoms with van der Waals surface area (Å²) in [7, 11) is 0. The van der Waals surface area contributed by atoms with Gasteiger partial charge in [-0.05, 0) is 13.3 Å². The van der Waals surface area contributed by atoms with Crippen LogP contribution in [0.2, 0.25) is 0 Å². The van der Waals surface area contributed by atoms with Crippen molar-refractivity contribution in [2.75, 3.05) is 0 Å². The Balaban J connectivity index is 4.71. The molecule has 66 valence electrons. The van der Waals surface area contributed by atoms with E-state index in [2.05, 4.69) is 18.0 Å². The number of hydrogen-bond donors (Lipinski definition) is 1. The lowest BCUT2D eigenvalue weighted by Gasteiger charge is -2.01. The van der Waals surface area contributed by atoms with Crippen molar-refractivity contribution in [3.8, 4) is 0 Å². The summed E-state index contributed by atoms with van der Waals surface area (Å²) in [6.07, 6.45) is 3.57. The number of rotatable bonds is 4. The summed E-state index contributed by atoms with van der Waals surface area (Å²) in [5.74, 6) is -0.788. The van der Waals surface area contributed by atoms with Crippen molar-refractivity contribution in [2.24, 2.45) is 0 Å². The molecule has 0 aliphatic rings. The van der Waals surface area contributed by atoms with Gasteiger partial charge >= 0.3 is 5.97 Å². The minimum Gasteiger partial charge on any atom is -0.296 e. The molecule has 0 spiro atoms. The largest absolute Gasteiger partial charge is 0.372 e. The van der Waals surface area contributed by atoms with E-state index in [1.807, 2.05) is 0 Å². The van der Waals surface area contributed by atoms with Crippen LogP contribution in [0, 0.1) is 0 Å². The number of carbonyl (C=O) groups is 1. The second kappa shape index (κ2) is 5.32. The summed E-state index contributed by atoms with van der Waals surface area (Å²) in [5, 5.41) is 8.10. The maximum Gasteiger partial charge on any atom is 0.372 e. The molecule has 3 nitrogen and oxygen atoms in total. The SMILES string of the molecule is C=CC/C(C)=C(/C=C)C(=O)OO. The summed E-state index contributed by atoms with van der Waals surface area (Å²) in [5.41, 5.74) is 1.04. The van der Waals surface area contributed by atoms with Crippen molar-refractivity contribution in [2.45, 2.75) is 13.3 Å². The van der Waals surface area contributed by atoms with Crippen LogP contribution in [0.1, 0.15) is 13.3 Å². The van der Waals surface area contributed by atoms with E-state index in [9.17, 15) is 4.79 Å². The Morgan fingerprint density at radius 1 is 1.58 bits per heavy atom. The summed E-state index contributed by atoms with van der Waals surface area (Å²) in [6, 6.07) is 0. The van der Waals surface area contributed by atoms with E-state index < -0.39 is 5.97 Å².